The number of anilines is 1. The van der Waals surface area contributed by atoms with Gasteiger partial charge in [0.1, 0.15) is 11.6 Å². The molecule has 136 valence electrons. The van der Waals surface area contributed by atoms with Crippen LogP contribution in [0.4, 0.5) is 14.9 Å². The molecule has 2 aliphatic heterocycles. The first-order valence-electron chi connectivity index (χ1n) is 9.25. The predicted octanol–water partition coefficient (Wildman–Crippen LogP) is 3.50. The van der Waals surface area contributed by atoms with E-state index in [0.717, 1.165) is 39.1 Å². The van der Waals surface area contributed by atoms with Gasteiger partial charge < -0.3 is 19.7 Å². The largest absolute Gasteiger partial charge is 0.491 e. The van der Waals surface area contributed by atoms with Gasteiger partial charge in [0.15, 0.2) is 0 Å². The summed E-state index contributed by atoms with van der Waals surface area (Å²) >= 11 is 0. The van der Waals surface area contributed by atoms with E-state index in [-0.39, 0.29) is 11.8 Å². The van der Waals surface area contributed by atoms with Gasteiger partial charge in [-0.2, -0.15) is 0 Å². The molecule has 0 spiro atoms. The van der Waals surface area contributed by atoms with Crippen LogP contribution in [0, 0.1) is 23.6 Å². The zero-order valence-corrected chi connectivity index (χ0v) is 14.4. The minimum atomic E-state index is -0.378. The van der Waals surface area contributed by atoms with E-state index in [9.17, 15) is 9.18 Å². The summed E-state index contributed by atoms with van der Waals surface area (Å²) in [6, 6.07) is 4.11. The number of benzene rings is 1. The smallest absolute Gasteiger partial charge is 0.321 e. The number of halogens is 1. The summed E-state index contributed by atoms with van der Waals surface area (Å²) < 4.78 is 24.8. The zero-order valence-electron chi connectivity index (χ0n) is 14.4. The summed E-state index contributed by atoms with van der Waals surface area (Å²) in [5.74, 6) is 1.83. The highest BCUT2D eigenvalue weighted by molar-refractivity contribution is 5.91. The third kappa shape index (κ3) is 4.06. The number of carbonyl (C=O) groups is 1. The molecule has 0 aromatic heterocycles. The van der Waals surface area contributed by atoms with Gasteiger partial charge in [0, 0.05) is 32.4 Å². The number of carbonyl (C=O) groups excluding carboxylic acids is 1. The minimum Gasteiger partial charge on any atom is -0.491 e. The summed E-state index contributed by atoms with van der Waals surface area (Å²) in [6.07, 6.45) is 4.46. The molecule has 0 radical (unpaired) electrons. The number of hydrogen-bond acceptors (Lipinski definition) is 3. The van der Waals surface area contributed by atoms with E-state index in [2.05, 4.69) is 5.32 Å². The fourth-order valence-electron chi connectivity index (χ4n) is 3.69. The molecule has 3 fully saturated rings. The zero-order chi connectivity index (χ0) is 17.2. The van der Waals surface area contributed by atoms with Crippen molar-refractivity contribution in [2.45, 2.75) is 25.7 Å². The van der Waals surface area contributed by atoms with Crippen molar-refractivity contribution in [3.05, 3.63) is 24.0 Å². The molecule has 1 aliphatic carbocycles. The predicted molar refractivity (Wildman–Crippen MR) is 92.2 cm³/mol. The van der Waals surface area contributed by atoms with Crippen molar-refractivity contribution < 1.29 is 18.7 Å². The normalized spacial score (nSPS) is 26.0. The number of likely N-dealkylation sites (tertiary alicyclic amines) is 1. The van der Waals surface area contributed by atoms with Crippen molar-refractivity contribution >= 4 is 11.7 Å². The third-order valence-electron chi connectivity index (χ3n) is 5.50. The Kier molecular flexibility index (Phi) is 4.79. The number of ether oxygens (including phenoxy) is 2. The Morgan fingerprint density at radius 1 is 1.28 bits per heavy atom. The van der Waals surface area contributed by atoms with Gasteiger partial charge in [-0.05, 0) is 55.6 Å². The highest BCUT2D eigenvalue weighted by atomic mass is 19.1. The van der Waals surface area contributed by atoms with Gasteiger partial charge in [-0.1, -0.05) is 0 Å². The number of hydrogen-bond donors (Lipinski definition) is 1. The van der Waals surface area contributed by atoms with Gasteiger partial charge >= 0.3 is 6.03 Å². The van der Waals surface area contributed by atoms with E-state index in [1.165, 1.54) is 25.0 Å². The molecule has 3 aliphatic rings. The molecule has 4 rings (SSSR count). The van der Waals surface area contributed by atoms with Crippen LogP contribution in [-0.2, 0) is 4.74 Å². The maximum absolute atomic E-state index is 13.6. The van der Waals surface area contributed by atoms with Crippen LogP contribution in [0.3, 0.4) is 0 Å². The highest BCUT2D eigenvalue weighted by Crippen LogP contribution is 2.33. The third-order valence-corrected chi connectivity index (χ3v) is 5.50. The Balaban J connectivity index is 1.37. The second kappa shape index (κ2) is 7.20. The standard InChI is InChI=1S/C19H25FN2O3/c20-16-3-4-18(25-11-13-1-2-13)17(9-16)21-19(23)22-7-5-14(10-22)15-6-8-24-12-15/h3-4,9,13-15H,1-2,5-8,10-12H2,(H,21,23). The van der Waals surface area contributed by atoms with Crippen molar-refractivity contribution in [2.75, 3.05) is 38.2 Å². The van der Waals surface area contributed by atoms with E-state index >= 15 is 0 Å². The molecule has 1 saturated carbocycles. The molecule has 0 bridgehead atoms. The van der Waals surface area contributed by atoms with Crippen molar-refractivity contribution in [2.24, 2.45) is 17.8 Å². The summed E-state index contributed by atoms with van der Waals surface area (Å²) in [5.41, 5.74) is 0.415. The lowest BCUT2D eigenvalue weighted by Gasteiger charge is -2.20. The fraction of sp³-hybridized carbons (Fsp3) is 0.632. The SMILES string of the molecule is O=C(Nc1cc(F)ccc1OCC1CC1)N1CCC(C2CCOC2)C1. The molecule has 2 amide bonds. The lowest BCUT2D eigenvalue weighted by molar-refractivity contribution is 0.171. The molecular weight excluding hydrogens is 323 g/mol. The first-order chi connectivity index (χ1) is 12.2. The molecule has 2 heterocycles. The molecule has 1 aromatic rings. The quantitative estimate of drug-likeness (QED) is 0.886. The van der Waals surface area contributed by atoms with Crippen molar-refractivity contribution in [1.82, 2.24) is 4.90 Å². The molecular formula is C19H25FN2O3. The van der Waals surface area contributed by atoms with Gasteiger partial charge in [-0.3, -0.25) is 0 Å². The van der Waals surface area contributed by atoms with Crippen molar-refractivity contribution in [3.63, 3.8) is 0 Å². The van der Waals surface area contributed by atoms with Crippen LogP contribution in [0.15, 0.2) is 18.2 Å². The maximum Gasteiger partial charge on any atom is 0.321 e. The van der Waals surface area contributed by atoms with Crippen LogP contribution in [-0.4, -0.2) is 43.8 Å². The fourth-order valence-corrected chi connectivity index (χ4v) is 3.69. The van der Waals surface area contributed by atoms with E-state index in [4.69, 9.17) is 9.47 Å². The summed E-state index contributed by atoms with van der Waals surface area (Å²) in [4.78, 5) is 14.4. The van der Waals surface area contributed by atoms with Crippen molar-refractivity contribution in [1.29, 1.82) is 0 Å². The van der Waals surface area contributed by atoms with Gasteiger partial charge in [0.05, 0.1) is 12.3 Å². The second-order valence-electron chi connectivity index (χ2n) is 7.44. The molecule has 2 atom stereocenters. The topological polar surface area (TPSA) is 50.8 Å². The number of nitrogens with one attached hydrogen (secondary N) is 1. The van der Waals surface area contributed by atoms with Gasteiger partial charge in [0.25, 0.3) is 0 Å². The average Bonchev–Trinajstić information content (AvgIpc) is 3.08. The van der Waals surface area contributed by atoms with E-state index in [1.807, 2.05) is 4.90 Å². The monoisotopic (exact) mass is 348 g/mol. The summed E-state index contributed by atoms with van der Waals surface area (Å²) in [6.45, 7) is 3.75. The lowest BCUT2D eigenvalue weighted by Crippen LogP contribution is -2.34. The lowest BCUT2D eigenvalue weighted by atomic mass is 9.91. The maximum atomic E-state index is 13.6. The van der Waals surface area contributed by atoms with Gasteiger partial charge in [-0.25, -0.2) is 9.18 Å². The Labute approximate surface area is 147 Å². The molecule has 1 aromatic carbocycles. The number of amides is 2. The first-order valence-corrected chi connectivity index (χ1v) is 9.25. The molecule has 2 saturated heterocycles. The minimum absolute atomic E-state index is 0.178. The number of rotatable bonds is 5. The van der Waals surface area contributed by atoms with Crippen LogP contribution in [0.2, 0.25) is 0 Å². The second-order valence-corrected chi connectivity index (χ2v) is 7.44. The van der Waals surface area contributed by atoms with Crippen LogP contribution < -0.4 is 10.1 Å². The highest BCUT2D eigenvalue weighted by Gasteiger charge is 2.34. The van der Waals surface area contributed by atoms with Gasteiger partial charge in [-0.15, -0.1) is 0 Å². The Morgan fingerprint density at radius 2 is 2.16 bits per heavy atom. The molecule has 25 heavy (non-hydrogen) atoms. The van der Waals surface area contributed by atoms with Crippen LogP contribution in [0.25, 0.3) is 0 Å². The number of urea groups is 1. The first kappa shape index (κ1) is 16.6. The van der Waals surface area contributed by atoms with Crippen molar-refractivity contribution in [3.8, 4) is 5.75 Å². The Bertz CT molecular complexity index is 629. The summed E-state index contributed by atoms with van der Waals surface area (Å²) in [7, 11) is 0. The number of nitrogens with zero attached hydrogens (tertiary/aromatic N) is 1. The molecule has 5 nitrogen and oxygen atoms in total. The van der Waals surface area contributed by atoms with Gasteiger partial charge in [0.2, 0.25) is 0 Å². The van der Waals surface area contributed by atoms with Crippen LogP contribution in [0.1, 0.15) is 25.7 Å². The van der Waals surface area contributed by atoms with E-state index in [1.54, 1.807) is 6.07 Å². The molecule has 1 N–H and O–H groups in total. The molecule has 6 heteroatoms. The van der Waals surface area contributed by atoms with E-state index in [0.29, 0.717) is 35.8 Å². The van der Waals surface area contributed by atoms with E-state index < -0.39 is 0 Å². The molecule has 2 unspecified atom stereocenters. The van der Waals surface area contributed by atoms with Crippen LogP contribution >= 0.6 is 0 Å². The average molecular weight is 348 g/mol. The summed E-state index contributed by atoms with van der Waals surface area (Å²) in [5, 5.41) is 2.84. The Morgan fingerprint density at radius 3 is 2.92 bits per heavy atom. The van der Waals surface area contributed by atoms with Crippen LogP contribution in [0.5, 0.6) is 5.75 Å². The Hall–Kier alpha value is -1.82.